The van der Waals surface area contributed by atoms with Crippen molar-refractivity contribution in [2.45, 2.75) is 26.7 Å². The number of nitrogen functional groups attached to an aromatic ring is 1. The Labute approximate surface area is 102 Å². The average Bonchev–Trinajstić information content (AvgIpc) is 2.34. The molecule has 6 nitrogen and oxygen atoms in total. The highest BCUT2D eigenvalue weighted by molar-refractivity contribution is 5.40. The number of hydrogen-bond acceptors (Lipinski definition) is 6. The van der Waals surface area contributed by atoms with Gasteiger partial charge in [-0.15, -0.1) is 0 Å². The molecular formula is C11H21N5O. The molecule has 0 fully saturated rings. The zero-order chi connectivity index (χ0) is 12.7. The molecule has 0 aliphatic carbocycles. The molecule has 0 saturated carbocycles. The molecule has 1 rings (SSSR count). The predicted molar refractivity (Wildman–Crippen MR) is 68.4 cm³/mol. The van der Waals surface area contributed by atoms with Crippen LogP contribution in [0, 0.1) is 5.41 Å². The summed E-state index contributed by atoms with van der Waals surface area (Å²) in [5.74, 6) is 6.48. The summed E-state index contributed by atoms with van der Waals surface area (Å²) in [6, 6.07) is 0. The smallest absolute Gasteiger partial charge is 0.160 e. The third-order valence-electron chi connectivity index (χ3n) is 2.54. The van der Waals surface area contributed by atoms with E-state index in [2.05, 4.69) is 34.6 Å². The van der Waals surface area contributed by atoms with Crippen molar-refractivity contribution in [3.05, 3.63) is 12.4 Å². The van der Waals surface area contributed by atoms with Crippen molar-refractivity contribution < 1.29 is 5.11 Å². The highest BCUT2D eigenvalue weighted by Crippen LogP contribution is 2.22. The maximum atomic E-state index is 8.82. The number of aliphatic hydroxyl groups is 1. The van der Waals surface area contributed by atoms with Crippen LogP contribution in [0.1, 0.15) is 26.7 Å². The molecular weight excluding hydrogens is 218 g/mol. The maximum Gasteiger partial charge on any atom is 0.160 e. The predicted octanol–water partition coefficient (Wildman–Crippen LogP) is 0.973. The van der Waals surface area contributed by atoms with Crippen LogP contribution in [-0.4, -0.2) is 28.2 Å². The van der Waals surface area contributed by atoms with Crippen LogP contribution >= 0.6 is 0 Å². The molecule has 6 heteroatoms. The highest BCUT2D eigenvalue weighted by Gasteiger charge is 2.17. The lowest BCUT2D eigenvalue weighted by Crippen LogP contribution is -2.24. The number of hydrogen-bond donors (Lipinski definition) is 4. The lowest BCUT2D eigenvalue weighted by molar-refractivity contribution is 0.248. The van der Waals surface area contributed by atoms with Crippen molar-refractivity contribution in [3.8, 4) is 0 Å². The van der Waals surface area contributed by atoms with Gasteiger partial charge in [0.2, 0.25) is 0 Å². The number of nitrogens with two attached hydrogens (primary N) is 1. The first-order valence-electron chi connectivity index (χ1n) is 5.71. The molecule has 17 heavy (non-hydrogen) atoms. The Morgan fingerprint density at radius 2 is 2.06 bits per heavy atom. The first-order chi connectivity index (χ1) is 8.07. The van der Waals surface area contributed by atoms with Crippen LogP contribution in [0.5, 0.6) is 0 Å². The second-order valence-electron chi connectivity index (χ2n) is 4.78. The Hall–Kier alpha value is -1.40. The molecule has 1 aromatic heterocycles. The first kappa shape index (κ1) is 13.7. The average molecular weight is 239 g/mol. The summed E-state index contributed by atoms with van der Waals surface area (Å²) >= 11 is 0. The minimum atomic E-state index is 0.108. The van der Waals surface area contributed by atoms with Crippen molar-refractivity contribution in [3.63, 3.8) is 0 Å². The molecule has 0 aliphatic rings. The van der Waals surface area contributed by atoms with Gasteiger partial charge in [0.05, 0.1) is 12.4 Å². The van der Waals surface area contributed by atoms with E-state index in [1.54, 1.807) is 12.4 Å². The number of rotatable bonds is 7. The zero-order valence-corrected chi connectivity index (χ0v) is 10.4. The molecule has 5 N–H and O–H groups in total. The van der Waals surface area contributed by atoms with Gasteiger partial charge in [0.1, 0.15) is 5.82 Å². The van der Waals surface area contributed by atoms with Crippen LogP contribution in [0.2, 0.25) is 0 Å². The highest BCUT2D eigenvalue weighted by atomic mass is 16.2. The van der Waals surface area contributed by atoms with E-state index in [-0.39, 0.29) is 12.0 Å². The van der Waals surface area contributed by atoms with Crippen LogP contribution in [0.15, 0.2) is 12.4 Å². The normalized spacial score (nSPS) is 11.3. The molecule has 0 atom stereocenters. The molecule has 1 heterocycles. The van der Waals surface area contributed by atoms with Gasteiger partial charge in [-0.2, -0.15) is 0 Å². The lowest BCUT2D eigenvalue weighted by Gasteiger charge is -2.24. The number of hydrazine groups is 1. The van der Waals surface area contributed by atoms with Crippen LogP contribution < -0.4 is 16.6 Å². The largest absolute Gasteiger partial charge is 0.396 e. The minimum Gasteiger partial charge on any atom is -0.396 e. The van der Waals surface area contributed by atoms with E-state index in [1.807, 2.05) is 0 Å². The fourth-order valence-electron chi connectivity index (χ4n) is 1.50. The van der Waals surface area contributed by atoms with Crippen molar-refractivity contribution >= 4 is 11.6 Å². The third kappa shape index (κ3) is 4.97. The van der Waals surface area contributed by atoms with Crippen molar-refractivity contribution in [2.75, 3.05) is 23.9 Å². The van der Waals surface area contributed by atoms with Gasteiger partial charge in [0.25, 0.3) is 0 Å². The van der Waals surface area contributed by atoms with Gasteiger partial charge in [-0.3, -0.25) is 4.98 Å². The number of nitrogens with zero attached hydrogens (tertiary/aromatic N) is 2. The molecule has 0 aliphatic heterocycles. The Balaban J connectivity index is 2.48. The van der Waals surface area contributed by atoms with E-state index in [9.17, 15) is 0 Å². The molecule has 0 unspecified atom stereocenters. The van der Waals surface area contributed by atoms with Crippen molar-refractivity contribution in [1.29, 1.82) is 0 Å². The number of anilines is 2. The van der Waals surface area contributed by atoms with Gasteiger partial charge < -0.3 is 15.8 Å². The maximum absolute atomic E-state index is 8.82. The minimum absolute atomic E-state index is 0.108. The zero-order valence-electron chi connectivity index (χ0n) is 10.4. The molecule has 0 radical (unpaired) electrons. The number of aliphatic hydroxyl groups excluding tert-OH is 1. The fraction of sp³-hybridized carbons (Fsp3) is 0.636. The van der Waals surface area contributed by atoms with E-state index in [0.717, 1.165) is 19.4 Å². The van der Waals surface area contributed by atoms with Crippen molar-refractivity contribution in [1.82, 2.24) is 9.97 Å². The third-order valence-corrected chi connectivity index (χ3v) is 2.54. The molecule has 0 amide bonds. The summed E-state index contributed by atoms with van der Waals surface area (Å²) < 4.78 is 0. The van der Waals surface area contributed by atoms with Crippen LogP contribution in [0.4, 0.5) is 11.6 Å². The van der Waals surface area contributed by atoms with E-state index < -0.39 is 0 Å². The van der Waals surface area contributed by atoms with Crippen LogP contribution in [-0.2, 0) is 0 Å². The fourth-order valence-corrected chi connectivity index (χ4v) is 1.50. The van der Waals surface area contributed by atoms with Gasteiger partial charge in [-0.1, -0.05) is 13.8 Å². The number of nitrogens with one attached hydrogen (secondary N) is 2. The van der Waals surface area contributed by atoms with E-state index in [1.165, 1.54) is 0 Å². The van der Waals surface area contributed by atoms with Crippen molar-refractivity contribution in [2.24, 2.45) is 11.3 Å². The van der Waals surface area contributed by atoms with E-state index in [0.29, 0.717) is 11.6 Å². The summed E-state index contributed by atoms with van der Waals surface area (Å²) in [6.45, 7) is 5.30. The van der Waals surface area contributed by atoms with E-state index >= 15 is 0 Å². The Morgan fingerprint density at radius 3 is 2.71 bits per heavy atom. The Morgan fingerprint density at radius 1 is 1.35 bits per heavy atom. The topological polar surface area (TPSA) is 96.1 Å². The van der Waals surface area contributed by atoms with Crippen LogP contribution in [0.3, 0.4) is 0 Å². The van der Waals surface area contributed by atoms with Gasteiger partial charge in [0, 0.05) is 13.2 Å². The quantitative estimate of drug-likeness (QED) is 0.418. The van der Waals surface area contributed by atoms with Gasteiger partial charge in [-0.25, -0.2) is 10.8 Å². The standard InChI is InChI=1S/C11H21N5O/c1-11(2,4-3-5-17)8-14-9-6-13-7-10(15-9)16-12/h6-7,17H,3-5,8,12H2,1-2H3,(H2,14,15,16). The van der Waals surface area contributed by atoms with Gasteiger partial charge >= 0.3 is 0 Å². The molecule has 1 aromatic rings. The summed E-state index contributed by atoms with van der Waals surface area (Å²) in [7, 11) is 0. The molecule has 0 bridgehead atoms. The summed E-state index contributed by atoms with van der Waals surface area (Å²) in [5, 5.41) is 12.0. The molecule has 96 valence electrons. The second-order valence-corrected chi connectivity index (χ2v) is 4.78. The number of aromatic nitrogens is 2. The second kappa shape index (κ2) is 6.36. The summed E-state index contributed by atoms with van der Waals surface area (Å²) in [5.41, 5.74) is 2.56. The molecule has 0 aromatic carbocycles. The lowest BCUT2D eigenvalue weighted by atomic mass is 9.88. The Kier molecular flexibility index (Phi) is 5.11. The SMILES string of the molecule is CC(C)(CCCO)CNc1cncc(NN)n1. The molecule has 0 spiro atoms. The summed E-state index contributed by atoms with van der Waals surface area (Å²) in [6.07, 6.45) is 4.98. The van der Waals surface area contributed by atoms with Gasteiger partial charge in [-0.05, 0) is 18.3 Å². The summed E-state index contributed by atoms with van der Waals surface area (Å²) in [4.78, 5) is 8.23. The van der Waals surface area contributed by atoms with Crippen LogP contribution in [0.25, 0.3) is 0 Å². The first-order valence-corrected chi connectivity index (χ1v) is 5.71. The van der Waals surface area contributed by atoms with Gasteiger partial charge in [0.15, 0.2) is 5.82 Å². The molecule has 0 saturated heterocycles. The monoisotopic (exact) mass is 239 g/mol. The Bertz CT molecular complexity index is 342. The van der Waals surface area contributed by atoms with E-state index in [4.69, 9.17) is 10.9 Å².